The predicted octanol–water partition coefficient (Wildman–Crippen LogP) is 0.421. The van der Waals surface area contributed by atoms with Crippen molar-refractivity contribution >= 4 is 5.95 Å². The minimum absolute atomic E-state index is 0.134. The third-order valence-electron chi connectivity index (χ3n) is 2.36. The quantitative estimate of drug-likeness (QED) is 0.716. The Morgan fingerprint density at radius 2 is 2.20 bits per heavy atom. The van der Waals surface area contributed by atoms with Gasteiger partial charge in [0, 0.05) is 20.2 Å². The van der Waals surface area contributed by atoms with E-state index in [0.29, 0.717) is 5.95 Å². The molecule has 0 aliphatic heterocycles. The molecule has 0 saturated carbocycles. The Bertz CT molecular complexity index is 296. The van der Waals surface area contributed by atoms with Crippen LogP contribution in [0.3, 0.4) is 0 Å². The molecular formula is C9H19N5O. The van der Waals surface area contributed by atoms with Gasteiger partial charge in [0.25, 0.3) is 0 Å². The monoisotopic (exact) mass is 213 g/mol. The first-order valence-electron chi connectivity index (χ1n) is 5.12. The van der Waals surface area contributed by atoms with Crippen LogP contribution >= 0.6 is 0 Å². The predicted molar refractivity (Wildman–Crippen MR) is 57.4 cm³/mol. The van der Waals surface area contributed by atoms with Crippen LogP contribution < -0.4 is 5.32 Å². The minimum Gasteiger partial charge on any atom is -0.396 e. The number of rotatable bonds is 6. The van der Waals surface area contributed by atoms with Gasteiger partial charge in [-0.05, 0) is 28.7 Å². The minimum atomic E-state index is 0.134. The number of tetrazole rings is 1. The molecular weight excluding hydrogens is 194 g/mol. The molecule has 0 aromatic carbocycles. The summed E-state index contributed by atoms with van der Waals surface area (Å²) in [5.74, 6) is 0.673. The number of hydrogen-bond acceptors (Lipinski definition) is 5. The van der Waals surface area contributed by atoms with Crippen molar-refractivity contribution in [2.45, 2.75) is 26.7 Å². The number of aliphatic hydroxyl groups excluding tert-OH is 1. The molecule has 0 spiro atoms. The zero-order chi connectivity index (χ0) is 11.3. The highest BCUT2D eigenvalue weighted by atomic mass is 16.2. The summed E-state index contributed by atoms with van der Waals surface area (Å²) in [6, 6.07) is 0. The SMILES string of the molecule is Cn1nnnc1NCC(C)(C)CCCO. The third-order valence-corrected chi connectivity index (χ3v) is 2.36. The highest BCUT2D eigenvalue weighted by molar-refractivity contribution is 5.21. The number of aryl methyl sites for hydroxylation is 1. The van der Waals surface area contributed by atoms with E-state index in [-0.39, 0.29) is 12.0 Å². The van der Waals surface area contributed by atoms with Gasteiger partial charge in [-0.25, -0.2) is 4.68 Å². The summed E-state index contributed by atoms with van der Waals surface area (Å²) in [5.41, 5.74) is 0.134. The van der Waals surface area contributed by atoms with Gasteiger partial charge in [0.2, 0.25) is 5.95 Å². The average Bonchev–Trinajstić information content (AvgIpc) is 2.58. The molecule has 0 fully saturated rings. The van der Waals surface area contributed by atoms with E-state index in [1.165, 1.54) is 0 Å². The first-order chi connectivity index (χ1) is 7.05. The largest absolute Gasteiger partial charge is 0.396 e. The van der Waals surface area contributed by atoms with Crippen molar-refractivity contribution in [1.29, 1.82) is 0 Å². The van der Waals surface area contributed by atoms with Crippen LogP contribution in [0.2, 0.25) is 0 Å². The van der Waals surface area contributed by atoms with E-state index in [1.807, 2.05) is 0 Å². The number of anilines is 1. The van der Waals surface area contributed by atoms with Gasteiger partial charge >= 0.3 is 0 Å². The Morgan fingerprint density at radius 3 is 2.73 bits per heavy atom. The van der Waals surface area contributed by atoms with Gasteiger partial charge in [0.05, 0.1) is 0 Å². The molecule has 0 bridgehead atoms. The maximum absolute atomic E-state index is 8.77. The molecule has 0 atom stereocenters. The van der Waals surface area contributed by atoms with Crippen LogP contribution in [0.15, 0.2) is 0 Å². The van der Waals surface area contributed by atoms with Crippen LogP contribution in [0, 0.1) is 5.41 Å². The van der Waals surface area contributed by atoms with Gasteiger partial charge in [0.1, 0.15) is 0 Å². The summed E-state index contributed by atoms with van der Waals surface area (Å²) in [6.07, 6.45) is 1.80. The maximum Gasteiger partial charge on any atom is 0.242 e. The van der Waals surface area contributed by atoms with Gasteiger partial charge in [0.15, 0.2) is 0 Å². The molecule has 1 rings (SSSR count). The standard InChI is InChI=1S/C9H19N5O/c1-9(2,5-4-6-15)7-10-8-11-12-13-14(8)3/h15H,4-7H2,1-3H3,(H,10,11,13). The van der Waals surface area contributed by atoms with Crippen LogP contribution in [0.25, 0.3) is 0 Å². The van der Waals surface area contributed by atoms with E-state index < -0.39 is 0 Å². The molecule has 0 unspecified atom stereocenters. The van der Waals surface area contributed by atoms with E-state index in [2.05, 4.69) is 34.7 Å². The molecule has 15 heavy (non-hydrogen) atoms. The Hall–Kier alpha value is -1.17. The van der Waals surface area contributed by atoms with Crippen LogP contribution in [0.5, 0.6) is 0 Å². The summed E-state index contributed by atoms with van der Waals surface area (Å²) in [4.78, 5) is 0. The van der Waals surface area contributed by atoms with Gasteiger partial charge in [-0.2, -0.15) is 0 Å². The fraction of sp³-hybridized carbons (Fsp3) is 0.889. The van der Waals surface area contributed by atoms with Crippen molar-refractivity contribution < 1.29 is 5.11 Å². The number of aliphatic hydroxyl groups is 1. The van der Waals surface area contributed by atoms with Crippen LogP contribution in [0.1, 0.15) is 26.7 Å². The lowest BCUT2D eigenvalue weighted by Gasteiger charge is -2.24. The zero-order valence-electron chi connectivity index (χ0n) is 9.56. The first-order valence-corrected chi connectivity index (χ1v) is 5.12. The molecule has 0 radical (unpaired) electrons. The summed E-state index contributed by atoms with van der Waals surface area (Å²) in [7, 11) is 1.79. The second-order valence-corrected chi connectivity index (χ2v) is 4.47. The lowest BCUT2D eigenvalue weighted by Crippen LogP contribution is -2.24. The maximum atomic E-state index is 8.77. The molecule has 6 heteroatoms. The Morgan fingerprint density at radius 1 is 1.47 bits per heavy atom. The summed E-state index contributed by atoms with van der Waals surface area (Å²) >= 11 is 0. The van der Waals surface area contributed by atoms with Gasteiger partial charge in [-0.1, -0.05) is 18.9 Å². The molecule has 2 N–H and O–H groups in total. The molecule has 1 aromatic heterocycles. The molecule has 1 aromatic rings. The number of aromatic nitrogens is 4. The Labute approximate surface area is 89.7 Å². The molecule has 1 heterocycles. The summed E-state index contributed by atoms with van der Waals surface area (Å²) < 4.78 is 1.60. The average molecular weight is 213 g/mol. The Kier molecular flexibility index (Phi) is 4.02. The van der Waals surface area contributed by atoms with Crippen molar-refractivity contribution in [2.24, 2.45) is 12.5 Å². The van der Waals surface area contributed by atoms with Crippen molar-refractivity contribution in [3.05, 3.63) is 0 Å². The van der Waals surface area contributed by atoms with Crippen LogP contribution in [-0.4, -0.2) is 38.5 Å². The van der Waals surface area contributed by atoms with Crippen molar-refractivity contribution in [3.63, 3.8) is 0 Å². The second kappa shape index (κ2) is 5.06. The van der Waals surface area contributed by atoms with Gasteiger partial charge in [-0.3, -0.25) is 0 Å². The lowest BCUT2D eigenvalue weighted by atomic mass is 9.88. The highest BCUT2D eigenvalue weighted by Gasteiger charge is 2.17. The normalized spacial score (nSPS) is 11.7. The molecule has 0 saturated heterocycles. The topological polar surface area (TPSA) is 75.9 Å². The van der Waals surface area contributed by atoms with E-state index in [0.717, 1.165) is 19.4 Å². The van der Waals surface area contributed by atoms with Crippen molar-refractivity contribution in [3.8, 4) is 0 Å². The van der Waals surface area contributed by atoms with Gasteiger partial charge < -0.3 is 10.4 Å². The molecule has 6 nitrogen and oxygen atoms in total. The lowest BCUT2D eigenvalue weighted by molar-refractivity contribution is 0.247. The Balaban J connectivity index is 2.39. The fourth-order valence-electron chi connectivity index (χ4n) is 1.34. The van der Waals surface area contributed by atoms with E-state index >= 15 is 0 Å². The van der Waals surface area contributed by atoms with Crippen molar-refractivity contribution in [2.75, 3.05) is 18.5 Å². The second-order valence-electron chi connectivity index (χ2n) is 4.47. The number of nitrogens with one attached hydrogen (secondary N) is 1. The summed E-state index contributed by atoms with van der Waals surface area (Å²) in [5, 5.41) is 23.1. The van der Waals surface area contributed by atoms with Gasteiger partial charge in [-0.15, -0.1) is 0 Å². The fourth-order valence-corrected chi connectivity index (χ4v) is 1.34. The van der Waals surface area contributed by atoms with E-state index in [9.17, 15) is 0 Å². The highest BCUT2D eigenvalue weighted by Crippen LogP contribution is 2.22. The molecule has 0 amide bonds. The van der Waals surface area contributed by atoms with Crippen LogP contribution in [-0.2, 0) is 7.05 Å². The summed E-state index contributed by atoms with van der Waals surface area (Å²) in [6.45, 7) is 5.34. The number of hydrogen-bond donors (Lipinski definition) is 2. The zero-order valence-corrected chi connectivity index (χ0v) is 9.56. The number of nitrogens with zero attached hydrogens (tertiary/aromatic N) is 4. The molecule has 0 aliphatic rings. The van der Waals surface area contributed by atoms with E-state index in [1.54, 1.807) is 11.7 Å². The first kappa shape index (κ1) is 11.9. The smallest absolute Gasteiger partial charge is 0.242 e. The van der Waals surface area contributed by atoms with E-state index in [4.69, 9.17) is 5.11 Å². The van der Waals surface area contributed by atoms with Crippen LogP contribution in [0.4, 0.5) is 5.95 Å². The van der Waals surface area contributed by atoms with Crippen molar-refractivity contribution in [1.82, 2.24) is 20.2 Å². The molecule has 86 valence electrons. The third kappa shape index (κ3) is 3.83. The molecule has 0 aliphatic carbocycles.